The van der Waals surface area contributed by atoms with E-state index >= 15 is 0 Å². The molecule has 0 rings (SSSR count). The summed E-state index contributed by atoms with van der Waals surface area (Å²) in [4.78, 5) is 10.9. The van der Waals surface area contributed by atoms with Crippen LogP contribution in [0.15, 0.2) is 0 Å². The molecule has 0 aromatic carbocycles. The summed E-state index contributed by atoms with van der Waals surface area (Å²) in [6.45, 7) is 3.03. The predicted molar refractivity (Wildman–Crippen MR) is 75.1 cm³/mol. The minimum absolute atomic E-state index is 0.314. The molecule has 17 heavy (non-hydrogen) atoms. The van der Waals surface area contributed by atoms with Gasteiger partial charge in [-0.3, -0.25) is 0 Å². The lowest BCUT2D eigenvalue weighted by molar-refractivity contribution is -0.111. The third kappa shape index (κ3) is 11.9. The standard InChI is InChI=1S/C15H31NO/c1-2-3-4-5-8-11-15(14-17)12-9-6-7-10-13-16/h14-15H,2-13,16H2,1H3. The number of carbonyl (C=O) groups is 1. The van der Waals surface area contributed by atoms with Crippen LogP contribution in [0.2, 0.25) is 0 Å². The van der Waals surface area contributed by atoms with Gasteiger partial charge in [-0.05, 0) is 25.8 Å². The smallest absolute Gasteiger partial charge is 0.123 e. The van der Waals surface area contributed by atoms with E-state index in [9.17, 15) is 4.79 Å². The molecular formula is C15H31NO. The van der Waals surface area contributed by atoms with Crippen molar-refractivity contribution < 1.29 is 4.79 Å². The summed E-state index contributed by atoms with van der Waals surface area (Å²) in [7, 11) is 0. The zero-order valence-electron chi connectivity index (χ0n) is 11.6. The Labute approximate surface area is 107 Å². The lowest BCUT2D eigenvalue weighted by atomic mass is 9.96. The van der Waals surface area contributed by atoms with Gasteiger partial charge in [0.1, 0.15) is 6.29 Å². The van der Waals surface area contributed by atoms with E-state index < -0.39 is 0 Å². The lowest BCUT2D eigenvalue weighted by Gasteiger charge is -2.09. The Morgan fingerprint density at radius 3 is 1.88 bits per heavy atom. The Hall–Kier alpha value is -0.370. The predicted octanol–water partition coefficient (Wildman–Crippen LogP) is 4.07. The SMILES string of the molecule is CCCCCCCC(C=O)CCCCCCN. The molecule has 2 N–H and O–H groups in total. The molecule has 102 valence electrons. The van der Waals surface area contributed by atoms with Crippen LogP contribution in [-0.2, 0) is 4.79 Å². The van der Waals surface area contributed by atoms with Gasteiger partial charge in [0.2, 0.25) is 0 Å². The Kier molecular flexibility index (Phi) is 13.4. The third-order valence-electron chi connectivity index (χ3n) is 3.40. The summed E-state index contributed by atoms with van der Waals surface area (Å²) >= 11 is 0. The first-order chi connectivity index (χ1) is 8.35. The fourth-order valence-corrected chi connectivity index (χ4v) is 2.19. The van der Waals surface area contributed by atoms with E-state index in [1.807, 2.05) is 0 Å². The monoisotopic (exact) mass is 241 g/mol. The van der Waals surface area contributed by atoms with Gasteiger partial charge in [0, 0.05) is 5.92 Å². The van der Waals surface area contributed by atoms with Gasteiger partial charge in [-0.15, -0.1) is 0 Å². The van der Waals surface area contributed by atoms with Crippen molar-refractivity contribution in [2.45, 2.75) is 77.6 Å². The molecule has 0 amide bonds. The molecule has 0 spiro atoms. The van der Waals surface area contributed by atoms with Crippen molar-refractivity contribution in [1.29, 1.82) is 0 Å². The van der Waals surface area contributed by atoms with Crippen molar-refractivity contribution in [1.82, 2.24) is 0 Å². The minimum Gasteiger partial charge on any atom is -0.330 e. The van der Waals surface area contributed by atoms with Crippen LogP contribution in [0.25, 0.3) is 0 Å². The van der Waals surface area contributed by atoms with Crippen LogP contribution in [0.1, 0.15) is 77.6 Å². The van der Waals surface area contributed by atoms with Crippen LogP contribution >= 0.6 is 0 Å². The van der Waals surface area contributed by atoms with Gasteiger partial charge < -0.3 is 10.5 Å². The highest BCUT2D eigenvalue weighted by Gasteiger charge is 2.06. The maximum Gasteiger partial charge on any atom is 0.123 e. The summed E-state index contributed by atoms with van der Waals surface area (Å²) in [5.41, 5.74) is 5.45. The molecule has 0 saturated carbocycles. The van der Waals surface area contributed by atoms with Gasteiger partial charge in [0.15, 0.2) is 0 Å². The molecule has 0 aliphatic heterocycles. The number of hydrogen-bond donors (Lipinski definition) is 1. The molecule has 0 heterocycles. The van der Waals surface area contributed by atoms with E-state index in [0.29, 0.717) is 5.92 Å². The normalized spacial score (nSPS) is 12.6. The second kappa shape index (κ2) is 13.7. The summed E-state index contributed by atoms with van der Waals surface area (Å²) in [5.74, 6) is 0.314. The third-order valence-corrected chi connectivity index (χ3v) is 3.40. The number of nitrogens with two attached hydrogens (primary N) is 1. The molecule has 0 aromatic heterocycles. The van der Waals surface area contributed by atoms with Crippen molar-refractivity contribution >= 4 is 6.29 Å². The largest absolute Gasteiger partial charge is 0.330 e. The fraction of sp³-hybridized carbons (Fsp3) is 0.933. The van der Waals surface area contributed by atoms with Crippen molar-refractivity contribution in [2.24, 2.45) is 11.7 Å². The Morgan fingerprint density at radius 2 is 1.41 bits per heavy atom. The van der Waals surface area contributed by atoms with E-state index in [0.717, 1.165) is 25.8 Å². The van der Waals surface area contributed by atoms with E-state index in [4.69, 9.17) is 5.73 Å². The number of carbonyl (C=O) groups excluding carboxylic acids is 1. The summed E-state index contributed by atoms with van der Waals surface area (Å²) in [6.07, 6.45) is 14.6. The Bertz CT molecular complexity index is 145. The highest BCUT2D eigenvalue weighted by Crippen LogP contribution is 2.16. The quantitative estimate of drug-likeness (QED) is 0.390. The fourth-order valence-electron chi connectivity index (χ4n) is 2.19. The van der Waals surface area contributed by atoms with Crippen molar-refractivity contribution in [3.63, 3.8) is 0 Å². The molecule has 0 aliphatic carbocycles. The van der Waals surface area contributed by atoms with Crippen LogP contribution < -0.4 is 5.73 Å². The van der Waals surface area contributed by atoms with E-state index in [-0.39, 0.29) is 0 Å². The van der Waals surface area contributed by atoms with E-state index in [1.165, 1.54) is 57.7 Å². The number of aldehydes is 1. The minimum atomic E-state index is 0.314. The second-order valence-electron chi connectivity index (χ2n) is 5.09. The van der Waals surface area contributed by atoms with Crippen LogP contribution in [0.4, 0.5) is 0 Å². The Morgan fingerprint density at radius 1 is 0.882 bits per heavy atom. The van der Waals surface area contributed by atoms with Gasteiger partial charge in [0.25, 0.3) is 0 Å². The molecule has 0 fully saturated rings. The lowest BCUT2D eigenvalue weighted by Crippen LogP contribution is -2.03. The number of hydrogen-bond acceptors (Lipinski definition) is 2. The van der Waals surface area contributed by atoms with Crippen molar-refractivity contribution in [3.05, 3.63) is 0 Å². The van der Waals surface area contributed by atoms with Crippen LogP contribution in [0.3, 0.4) is 0 Å². The molecule has 1 unspecified atom stereocenters. The van der Waals surface area contributed by atoms with E-state index in [1.54, 1.807) is 0 Å². The zero-order valence-corrected chi connectivity index (χ0v) is 11.6. The van der Waals surface area contributed by atoms with Crippen molar-refractivity contribution in [2.75, 3.05) is 6.54 Å². The van der Waals surface area contributed by atoms with Crippen molar-refractivity contribution in [3.8, 4) is 0 Å². The van der Waals surface area contributed by atoms with Crippen LogP contribution in [0, 0.1) is 5.92 Å². The summed E-state index contributed by atoms with van der Waals surface area (Å²) < 4.78 is 0. The summed E-state index contributed by atoms with van der Waals surface area (Å²) in [5, 5.41) is 0. The molecule has 2 heteroatoms. The average molecular weight is 241 g/mol. The first-order valence-corrected chi connectivity index (χ1v) is 7.50. The van der Waals surface area contributed by atoms with Crippen LogP contribution in [-0.4, -0.2) is 12.8 Å². The molecule has 0 aliphatic rings. The van der Waals surface area contributed by atoms with Gasteiger partial charge in [-0.2, -0.15) is 0 Å². The molecular weight excluding hydrogens is 210 g/mol. The van der Waals surface area contributed by atoms with Gasteiger partial charge in [-0.25, -0.2) is 0 Å². The van der Waals surface area contributed by atoms with Gasteiger partial charge in [0.05, 0.1) is 0 Å². The highest BCUT2D eigenvalue weighted by molar-refractivity contribution is 5.53. The van der Waals surface area contributed by atoms with E-state index in [2.05, 4.69) is 6.92 Å². The molecule has 0 radical (unpaired) electrons. The molecule has 1 atom stereocenters. The van der Waals surface area contributed by atoms with Gasteiger partial charge >= 0.3 is 0 Å². The van der Waals surface area contributed by atoms with Gasteiger partial charge in [-0.1, -0.05) is 58.3 Å². The molecule has 0 saturated heterocycles. The summed E-state index contributed by atoms with van der Waals surface area (Å²) in [6, 6.07) is 0. The second-order valence-corrected chi connectivity index (χ2v) is 5.09. The number of unbranched alkanes of at least 4 members (excludes halogenated alkanes) is 7. The maximum absolute atomic E-state index is 10.9. The van der Waals surface area contributed by atoms with Crippen LogP contribution in [0.5, 0.6) is 0 Å². The topological polar surface area (TPSA) is 43.1 Å². The highest BCUT2D eigenvalue weighted by atomic mass is 16.1. The molecule has 0 aromatic rings. The Balaban J connectivity index is 3.33. The number of rotatable bonds is 13. The maximum atomic E-state index is 10.9. The molecule has 0 bridgehead atoms. The first-order valence-electron chi connectivity index (χ1n) is 7.50. The molecule has 2 nitrogen and oxygen atoms in total. The zero-order chi connectivity index (χ0) is 12.8. The first kappa shape index (κ1) is 16.6. The average Bonchev–Trinajstić information content (AvgIpc) is 2.36.